The predicted molar refractivity (Wildman–Crippen MR) is 55.9 cm³/mol. The van der Waals surface area contributed by atoms with Gasteiger partial charge in [0.1, 0.15) is 5.78 Å². The van der Waals surface area contributed by atoms with Gasteiger partial charge in [0, 0.05) is 32.1 Å². The first-order valence-corrected chi connectivity index (χ1v) is 5.44. The normalized spacial score (nSPS) is 24.8. The molecule has 0 radical (unpaired) electrons. The fourth-order valence-electron chi connectivity index (χ4n) is 2.09. The maximum absolute atomic E-state index is 11.9. The Hall–Kier alpha value is -1.59. The lowest BCUT2D eigenvalue weighted by molar-refractivity contribution is -0.120. The van der Waals surface area contributed by atoms with Gasteiger partial charge in [0.05, 0.1) is 0 Å². The van der Waals surface area contributed by atoms with Crippen LogP contribution in [0.4, 0.5) is 9.59 Å². The summed E-state index contributed by atoms with van der Waals surface area (Å²) in [5.41, 5.74) is 0. The summed E-state index contributed by atoms with van der Waals surface area (Å²) in [4.78, 5) is 37.1. The van der Waals surface area contributed by atoms with Crippen LogP contribution in [0.5, 0.6) is 0 Å². The van der Waals surface area contributed by atoms with E-state index in [1.807, 2.05) is 0 Å². The van der Waals surface area contributed by atoms with Crippen molar-refractivity contribution in [2.45, 2.75) is 13.3 Å². The second kappa shape index (κ2) is 4.11. The fourth-order valence-corrected chi connectivity index (χ4v) is 2.09. The highest BCUT2D eigenvalue weighted by Crippen LogP contribution is 2.19. The Morgan fingerprint density at radius 2 is 2.12 bits per heavy atom. The lowest BCUT2D eigenvalue weighted by atomic mass is 10.1. The van der Waals surface area contributed by atoms with Gasteiger partial charge in [-0.05, 0) is 13.3 Å². The number of hydrogen-bond donors (Lipinski definition) is 1. The highest BCUT2D eigenvalue weighted by atomic mass is 16.2. The minimum Gasteiger partial charge on any atom is -0.336 e. The number of ketones is 1. The Labute approximate surface area is 93.6 Å². The third-order valence-electron chi connectivity index (χ3n) is 3.12. The maximum Gasteiger partial charge on any atom is 0.328 e. The molecular formula is C10H15N3O3. The lowest BCUT2D eigenvalue weighted by Crippen LogP contribution is -2.43. The van der Waals surface area contributed by atoms with Crippen LogP contribution in [0.2, 0.25) is 0 Å². The van der Waals surface area contributed by atoms with E-state index in [1.165, 1.54) is 4.90 Å². The summed E-state index contributed by atoms with van der Waals surface area (Å²) >= 11 is 0. The maximum atomic E-state index is 11.9. The zero-order valence-electron chi connectivity index (χ0n) is 9.23. The van der Waals surface area contributed by atoms with Crippen LogP contribution in [-0.4, -0.2) is 53.8 Å². The molecule has 0 aromatic carbocycles. The molecule has 0 saturated carbocycles. The van der Waals surface area contributed by atoms with Crippen LogP contribution in [0.15, 0.2) is 0 Å². The highest BCUT2D eigenvalue weighted by Gasteiger charge is 2.35. The number of carbonyl (C=O) groups is 3. The minimum absolute atomic E-state index is 0.0605. The molecule has 6 nitrogen and oxygen atoms in total. The number of rotatable bonds is 1. The van der Waals surface area contributed by atoms with Crippen molar-refractivity contribution in [3.8, 4) is 0 Å². The molecular weight excluding hydrogens is 210 g/mol. The van der Waals surface area contributed by atoms with E-state index in [9.17, 15) is 14.4 Å². The molecule has 2 rings (SSSR count). The number of amides is 4. The van der Waals surface area contributed by atoms with Gasteiger partial charge < -0.3 is 10.2 Å². The van der Waals surface area contributed by atoms with Gasteiger partial charge in [-0.1, -0.05) is 0 Å². The van der Waals surface area contributed by atoms with Crippen LogP contribution in [0, 0.1) is 5.92 Å². The van der Waals surface area contributed by atoms with Crippen LogP contribution in [0.1, 0.15) is 13.3 Å². The molecule has 4 amide bonds. The van der Waals surface area contributed by atoms with E-state index in [1.54, 1.807) is 11.8 Å². The molecule has 2 aliphatic heterocycles. The van der Waals surface area contributed by atoms with Crippen LogP contribution in [0.25, 0.3) is 0 Å². The molecule has 16 heavy (non-hydrogen) atoms. The molecule has 88 valence electrons. The molecule has 2 saturated heterocycles. The topological polar surface area (TPSA) is 69.7 Å². The van der Waals surface area contributed by atoms with Crippen LogP contribution in [-0.2, 0) is 4.79 Å². The Kier molecular flexibility index (Phi) is 2.80. The molecule has 0 unspecified atom stereocenters. The lowest BCUT2D eigenvalue weighted by Gasteiger charge is -2.21. The summed E-state index contributed by atoms with van der Waals surface area (Å²) in [6.07, 6.45) is 0.705. The van der Waals surface area contributed by atoms with Crippen molar-refractivity contribution in [1.82, 2.24) is 15.1 Å². The van der Waals surface area contributed by atoms with Crippen molar-refractivity contribution >= 4 is 17.8 Å². The Morgan fingerprint density at radius 3 is 2.62 bits per heavy atom. The van der Waals surface area contributed by atoms with E-state index in [-0.39, 0.29) is 23.8 Å². The van der Waals surface area contributed by atoms with Crippen molar-refractivity contribution < 1.29 is 14.4 Å². The van der Waals surface area contributed by atoms with Gasteiger partial charge >= 0.3 is 12.1 Å². The smallest absolute Gasteiger partial charge is 0.328 e. The van der Waals surface area contributed by atoms with E-state index in [0.29, 0.717) is 32.6 Å². The van der Waals surface area contributed by atoms with E-state index < -0.39 is 0 Å². The number of nitrogens with one attached hydrogen (secondary N) is 1. The van der Waals surface area contributed by atoms with Crippen molar-refractivity contribution in [2.24, 2.45) is 5.92 Å². The average molecular weight is 225 g/mol. The molecule has 2 fully saturated rings. The molecule has 2 heterocycles. The van der Waals surface area contributed by atoms with Gasteiger partial charge in [-0.3, -0.25) is 4.79 Å². The molecule has 1 N–H and O–H groups in total. The van der Waals surface area contributed by atoms with Gasteiger partial charge in [0.2, 0.25) is 0 Å². The van der Waals surface area contributed by atoms with Crippen LogP contribution in [0.3, 0.4) is 0 Å². The summed E-state index contributed by atoms with van der Waals surface area (Å²) in [7, 11) is 0. The van der Waals surface area contributed by atoms with Gasteiger partial charge in [-0.15, -0.1) is 0 Å². The molecule has 6 heteroatoms. The second-order valence-electron chi connectivity index (χ2n) is 4.21. The van der Waals surface area contributed by atoms with Gasteiger partial charge in [0.25, 0.3) is 0 Å². The monoisotopic (exact) mass is 225 g/mol. The number of hydrogen-bond acceptors (Lipinski definition) is 3. The molecule has 0 bridgehead atoms. The standard InChI is InChI=1S/C10H15N3O3/c1-7(14)8-2-4-12(6-8)10(16)13-5-3-11-9(13)15/h8H,2-6H2,1H3,(H,11,15)/t8-/m1/s1. The summed E-state index contributed by atoms with van der Waals surface area (Å²) in [5, 5.41) is 2.58. The van der Waals surface area contributed by atoms with E-state index >= 15 is 0 Å². The fraction of sp³-hybridized carbons (Fsp3) is 0.700. The van der Waals surface area contributed by atoms with Gasteiger partial charge in [-0.25, -0.2) is 14.5 Å². The van der Waals surface area contributed by atoms with E-state index in [2.05, 4.69) is 5.32 Å². The molecule has 0 spiro atoms. The molecule has 0 aromatic rings. The predicted octanol–water partition coefficient (Wildman–Crippen LogP) is 0.0425. The average Bonchev–Trinajstić information content (AvgIpc) is 2.84. The Balaban J connectivity index is 1.96. The molecule has 0 aromatic heterocycles. The first-order valence-electron chi connectivity index (χ1n) is 5.44. The molecule has 0 aliphatic carbocycles. The summed E-state index contributed by atoms with van der Waals surface area (Å²) in [6, 6.07) is -0.616. The third kappa shape index (κ3) is 1.87. The van der Waals surface area contributed by atoms with E-state index in [4.69, 9.17) is 0 Å². The quantitative estimate of drug-likeness (QED) is 0.685. The first kappa shape index (κ1) is 10.9. The third-order valence-corrected chi connectivity index (χ3v) is 3.12. The van der Waals surface area contributed by atoms with Crippen molar-refractivity contribution in [2.75, 3.05) is 26.2 Å². The Morgan fingerprint density at radius 1 is 1.38 bits per heavy atom. The van der Waals surface area contributed by atoms with Crippen molar-refractivity contribution in [1.29, 1.82) is 0 Å². The highest BCUT2D eigenvalue weighted by molar-refractivity contribution is 5.95. The summed E-state index contributed by atoms with van der Waals surface area (Å²) < 4.78 is 0. The largest absolute Gasteiger partial charge is 0.336 e. The Bertz CT molecular complexity index is 342. The van der Waals surface area contributed by atoms with Crippen molar-refractivity contribution in [3.05, 3.63) is 0 Å². The summed E-state index contributed by atoms with van der Waals surface area (Å²) in [6.45, 7) is 3.47. The van der Waals surface area contributed by atoms with Crippen LogP contribution < -0.4 is 5.32 Å². The molecule has 2 aliphatic rings. The first-order chi connectivity index (χ1) is 7.59. The van der Waals surface area contributed by atoms with Gasteiger partial charge in [0.15, 0.2) is 0 Å². The minimum atomic E-state index is -0.337. The van der Waals surface area contributed by atoms with E-state index in [0.717, 1.165) is 0 Å². The van der Waals surface area contributed by atoms with Crippen LogP contribution >= 0.6 is 0 Å². The number of Topliss-reactive ketones (excluding diaryl/α,β-unsaturated/α-hetero) is 1. The SMILES string of the molecule is CC(=O)[C@@H]1CCN(C(=O)N2CCNC2=O)C1. The van der Waals surface area contributed by atoms with Gasteiger partial charge in [-0.2, -0.15) is 0 Å². The number of nitrogens with zero attached hydrogens (tertiary/aromatic N) is 2. The number of urea groups is 2. The number of imide groups is 1. The zero-order chi connectivity index (χ0) is 11.7. The zero-order valence-corrected chi connectivity index (χ0v) is 9.23. The van der Waals surface area contributed by atoms with Crippen molar-refractivity contribution in [3.63, 3.8) is 0 Å². The number of likely N-dealkylation sites (tertiary alicyclic amines) is 1. The summed E-state index contributed by atoms with van der Waals surface area (Å²) in [5.74, 6) is 0.0517. The second-order valence-corrected chi connectivity index (χ2v) is 4.21. The molecule has 1 atom stereocenters. The number of carbonyl (C=O) groups excluding carboxylic acids is 3.